The maximum Gasteiger partial charge on any atom is 0.378 e. The van der Waals surface area contributed by atoms with E-state index in [1.54, 1.807) is 12.1 Å². The van der Waals surface area contributed by atoms with Gasteiger partial charge in [-0.1, -0.05) is 17.7 Å². The third kappa shape index (κ3) is 3.71. The highest BCUT2D eigenvalue weighted by Crippen LogP contribution is 2.24. The molecule has 0 spiro atoms. The molecule has 0 bridgehead atoms. The van der Waals surface area contributed by atoms with Gasteiger partial charge in [-0.3, -0.25) is 0 Å². The zero-order chi connectivity index (χ0) is 14.5. The third-order valence-electron chi connectivity index (χ3n) is 2.51. The van der Waals surface area contributed by atoms with Crippen LogP contribution in [0.2, 0.25) is 0 Å². The Kier molecular flexibility index (Phi) is 4.20. The Morgan fingerprint density at radius 2 is 1.45 bits per heavy atom. The molecule has 0 heterocycles. The van der Waals surface area contributed by atoms with Crippen LogP contribution >= 0.6 is 0 Å². The number of benzene rings is 2. The van der Waals surface area contributed by atoms with Gasteiger partial charge >= 0.3 is 12.3 Å². The summed E-state index contributed by atoms with van der Waals surface area (Å²) in [6.07, 6.45) is -2.38. The van der Waals surface area contributed by atoms with Gasteiger partial charge in [-0.05, 0) is 43.3 Å². The standard InChI is InChI=1S/C15H13FO4/c1-10-2-4-11(5-3-10)19-12-6-8-13(9-7-12)20-14(16)15(17)18/h2-9,14H,1H3,(H,17,18). The summed E-state index contributed by atoms with van der Waals surface area (Å²) in [5.74, 6) is -0.314. The van der Waals surface area contributed by atoms with E-state index in [9.17, 15) is 9.18 Å². The van der Waals surface area contributed by atoms with E-state index < -0.39 is 12.3 Å². The van der Waals surface area contributed by atoms with Crippen LogP contribution in [0.1, 0.15) is 5.56 Å². The van der Waals surface area contributed by atoms with Gasteiger partial charge in [0.2, 0.25) is 0 Å². The number of hydrogen-bond donors (Lipinski definition) is 1. The Morgan fingerprint density at radius 3 is 1.95 bits per heavy atom. The molecule has 1 unspecified atom stereocenters. The van der Waals surface area contributed by atoms with E-state index in [0.29, 0.717) is 11.5 Å². The van der Waals surface area contributed by atoms with Crippen LogP contribution in [0.5, 0.6) is 17.2 Å². The molecule has 2 aromatic rings. The first-order chi connectivity index (χ1) is 9.54. The van der Waals surface area contributed by atoms with E-state index >= 15 is 0 Å². The lowest BCUT2D eigenvalue weighted by Gasteiger charge is -2.09. The van der Waals surface area contributed by atoms with Crippen molar-refractivity contribution in [3.05, 3.63) is 54.1 Å². The molecule has 0 aliphatic rings. The molecule has 0 fully saturated rings. The Morgan fingerprint density at radius 1 is 1.00 bits per heavy atom. The van der Waals surface area contributed by atoms with Crippen LogP contribution in [0.25, 0.3) is 0 Å². The second-order valence-corrected chi connectivity index (χ2v) is 4.16. The minimum Gasteiger partial charge on any atom is -0.476 e. The molecular formula is C15H13FO4. The van der Waals surface area contributed by atoms with Crippen molar-refractivity contribution in [1.29, 1.82) is 0 Å². The van der Waals surface area contributed by atoms with E-state index in [1.165, 1.54) is 12.1 Å². The molecule has 4 nitrogen and oxygen atoms in total. The van der Waals surface area contributed by atoms with Crippen LogP contribution < -0.4 is 9.47 Å². The lowest BCUT2D eigenvalue weighted by Crippen LogP contribution is -2.21. The lowest BCUT2D eigenvalue weighted by atomic mass is 10.2. The first-order valence-electron chi connectivity index (χ1n) is 5.93. The summed E-state index contributed by atoms with van der Waals surface area (Å²) in [4.78, 5) is 10.3. The Bertz CT molecular complexity index is 578. The van der Waals surface area contributed by atoms with Gasteiger partial charge in [-0.15, -0.1) is 0 Å². The maximum absolute atomic E-state index is 12.8. The van der Waals surface area contributed by atoms with Crippen molar-refractivity contribution in [1.82, 2.24) is 0 Å². The molecule has 0 saturated heterocycles. The van der Waals surface area contributed by atoms with Crippen LogP contribution in [0.15, 0.2) is 48.5 Å². The Labute approximate surface area is 115 Å². The van der Waals surface area contributed by atoms with Crippen molar-refractivity contribution in [2.24, 2.45) is 0 Å². The molecule has 0 aliphatic carbocycles. The van der Waals surface area contributed by atoms with Crippen LogP contribution in [-0.4, -0.2) is 17.4 Å². The highest BCUT2D eigenvalue weighted by molar-refractivity contribution is 5.70. The average molecular weight is 276 g/mol. The van der Waals surface area contributed by atoms with Gasteiger partial charge in [0.05, 0.1) is 0 Å². The summed E-state index contributed by atoms with van der Waals surface area (Å²) in [5.41, 5.74) is 1.13. The predicted octanol–water partition coefficient (Wildman–Crippen LogP) is 3.55. The fourth-order valence-electron chi connectivity index (χ4n) is 1.50. The highest BCUT2D eigenvalue weighted by Gasteiger charge is 2.16. The zero-order valence-electron chi connectivity index (χ0n) is 10.7. The number of aliphatic carboxylic acids is 1. The first-order valence-corrected chi connectivity index (χ1v) is 5.93. The number of ether oxygens (including phenoxy) is 2. The number of hydrogen-bond acceptors (Lipinski definition) is 3. The Hall–Kier alpha value is -2.56. The molecule has 0 amide bonds. The Balaban J connectivity index is 2.01. The number of rotatable bonds is 5. The van der Waals surface area contributed by atoms with E-state index in [0.717, 1.165) is 5.56 Å². The minimum atomic E-state index is -2.38. The molecule has 1 atom stereocenters. The number of alkyl halides is 1. The summed E-state index contributed by atoms with van der Waals surface area (Å²) in [7, 11) is 0. The molecule has 0 aliphatic heterocycles. The topological polar surface area (TPSA) is 55.8 Å². The molecular weight excluding hydrogens is 263 g/mol. The van der Waals surface area contributed by atoms with E-state index in [1.807, 2.05) is 31.2 Å². The van der Waals surface area contributed by atoms with Crippen molar-refractivity contribution in [2.75, 3.05) is 0 Å². The van der Waals surface area contributed by atoms with Crippen LogP contribution in [0.3, 0.4) is 0 Å². The quantitative estimate of drug-likeness (QED) is 0.907. The number of carboxylic acid groups (broad SMARTS) is 1. The van der Waals surface area contributed by atoms with Crippen molar-refractivity contribution in [2.45, 2.75) is 13.3 Å². The number of carbonyl (C=O) groups is 1. The largest absolute Gasteiger partial charge is 0.476 e. The molecule has 2 rings (SSSR count). The van der Waals surface area contributed by atoms with Gasteiger partial charge in [-0.2, -0.15) is 4.39 Å². The maximum atomic E-state index is 12.8. The monoisotopic (exact) mass is 276 g/mol. The van der Waals surface area contributed by atoms with Gasteiger partial charge in [0, 0.05) is 0 Å². The second kappa shape index (κ2) is 6.06. The normalized spacial score (nSPS) is 11.7. The minimum absolute atomic E-state index is 0.121. The predicted molar refractivity (Wildman–Crippen MR) is 70.9 cm³/mol. The lowest BCUT2D eigenvalue weighted by molar-refractivity contribution is -0.153. The first kappa shape index (κ1) is 13.9. The van der Waals surface area contributed by atoms with Gasteiger partial charge < -0.3 is 14.6 Å². The van der Waals surface area contributed by atoms with Gasteiger partial charge in [-0.25, -0.2) is 4.79 Å². The number of carboxylic acids is 1. The molecule has 1 N–H and O–H groups in total. The molecule has 20 heavy (non-hydrogen) atoms. The molecule has 2 aromatic carbocycles. The molecule has 104 valence electrons. The molecule has 0 radical (unpaired) electrons. The van der Waals surface area contributed by atoms with Crippen molar-refractivity contribution >= 4 is 5.97 Å². The fraction of sp³-hybridized carbons (Fsp3) is 0.133. The van der Waals surface area contributed by atoms with Crippen molar-refractivity contribution in [3.63, 3.8) is 0 Å². The second-order valence-electron chi connectivity index (χ2n) is 4.16. The molecule has 0 aromatic heterocycles. The smallest absolute Gasteiger partial charge is 0.378 e. The molecule has 5 heteroatoms. The average Bonchev–Trinajstić information content (AvgIpc) is 2.43. The zero-order valence-corrected chi connectivity index (χ0v) is 10.7. The fourth-order valence-corrected chi connectivity index (χ4v) is 1.50. The molecule has 0 saturated carbocycles. The third-order valence-corrected chi connectivity index (χ3v) is 2.51. The number of aryl methyl sites for hydroxylation is 1. The van der Waals surface area contributed by atoms with Crippen LogP contribution in [0.4, 0.5) is 4.39 Å². The van der Waals surface area contributed by atoms with Gasteiger partial charge in [0.25, 0.3) is 0 Å². The summed E-state index contributed by atoms with van der Waals surface area (Å²) < 4.78 is 23.0. The van der Waals surface area contributed by atoms with Crippen LogP contribution in [-0.2, 0) is 4.79 Å². The van der Waals surface area contributed by atoms with E-state index in [2.05, 4.69) is 4.74 Å². The summed E-state index contributed by atoms with van der Waals surface area (Å²) >= 11 is 0. The van der Waals surface area contributed by atoms with Gasteiger partial charge in [0.15, 0.2) is 0 Å². The summed E-state index contributed by atoms with van der Waals surface area (Å²) in [6, 6.07) is 13.6. The van der Waals surface area contributed by atoms with Crippen molar-refractivity contribution in [3.8, 4) is 17.2 Å². The van der Waals surface area contributed by atoms with Crippen molar-refractivity contribution < 1.29 is 23.8 Å². The summed E-state index contributed by atoms with van der Waals surface area (Å²) in [5, 5.41) is 8.39. The summed E-state index contributed by atoms with van der Waals surface area (Å²) in [6.45, 7) is 1.98. The van der Waals surface area contributed by atoms with Crippen LogP contribution in [0, 0.1) is 6.92 Å². The highest BCUT2D eigenvalue weighted by atomic mass is 19.1. The van der Waals surface area contributed by atoms with Gasteiger partial charge in [0.1, 0.15) is 17.2 Å². The van der Waals surface area contributed by atoms with E-state index in [-0.39, 0.29) is 5.75 Å². The number of halogens is 1. The SMILES string of the molecule is Cc1ccc(Oc2ccc(OC(F)C(=O)O)cc2)cc1. The van der Waals surface area contributed by atoms with E-state index in [4.69, 9.17) is 9.84 Å².